The van der Waals surface area contributed by atoms with E-state index in [4.69, 9.17) is 0 Å². The van der Waals surface area contributed by atoms with Crippen LogP contribution in [0, 0.1) is 5.92 Å². The van der Waals surface area contributed by atoms with Crippen LogP contribution in [0.25, 0.3) is 0 Å². The van der Waals surface area contributed by atoms with Crippen molar-refractivity contribution >= 4 is 17.7 Å². The van der Waals surface area contributed by atoms with Crippen molar-refractivity contribution in [3.63, 3.8) is 0 Å². The van der Waals surface area contributed by atoms with Crippen LogP contribution in [0.2, 0.25) is 0 Å². The Morgan fingerprint density at radius 2 is 2.00 bits per heavy atom. The molecule has 0 spiro atoms. The molecule has 88 valence electrons. The average molecular weight is 239 g/mol. The van der Waals surface area contributed by atoms with Gasteiger partial charge in [0.15, 0.2) is 5.16 Å². The average Bonchev–Trinajstić information content (AvgIpc) is 2.27. The predicted octanol–water partition coefficient (Wildman–Crippen LogP) is 1.73. The number of hydrogen-bond donors (Lipinski definition) is 1. The van der Waals surface area contributed by atoms with E-state index in [1.165, 1.54) is 11.8 Å². The number of carbonyl (C=O) groups is 1. The highest BCUT2D eigenvalue weighted by Gasteiger charge is 2.15. The molecule has 0 fully saturated rings. The van der Waals surface area contributed by atoms with E-state index in [1.54, 1.807) is 18.5 Å². The van der Waals surface area contributed by atoms with Gasteiger partial charge in [-0.3, -0.25) is 4.79 Å². The molecule has 1 aromatic rings. The third-order valence-corrected chi connectivity index (χ3v) is 2.87. The van der Waals surface area contributed by atoms with E-state index < -0.39 is 0 Å². The second-order valence-electron chi connectivity index (χ2n) is 3.93. The maximum absolute atomic E-state index is 11.7. The maximum atomic E-state index is 11.7. The third kappa shape index (κ3) is 4.61. The Bertz CT molecular complexity index is 329. The lowest BCUT2D eigenvalue weighted by Gasteiger charge is -2.12. The Kier molecular flexibility index (Phi) is 5.25. The highest BCUT2D eigenvalue weighted by molar-refractivity contribution is 8.00. The molecule has 0 saturated carbocycles. The van der Waals surface area contributed by atoms with Gasteiger partial charge in [0.25, 0.3) is 0 Å². The van der Waals surface area contributed by atoms with E-state index in [9.17, 15) is 4.79 Å². The lowest BCUT2D eigenvalue weighted by atomic mass is 10.2. The van der Waals surface area contributed by atoms with Crippen molar-refractivity contribution in [3.05, 3.63) is 18.5 Å². The van der Waals surface area contributed by atoms with E-state index in [0.717, 1.165) is 0 Å². The Balaban J connectivity index is 2.40. The van der Waals surface area contributed by atoms with Gasteiger partial charge in [0.1, 0.15) is 0 Å². The summed E-state index contributed by atoms with van der Waals surface area (Å²) in [5.41, 5.74) is 0. The monoisotopic (exact) mass is 239 g/mol. The first-order valence-corrected chi connectivity index (χ1v) is 6.19. The largest absolute Gasteiger partial charge is 0.355 e. The minimum Gasteiger partial charge on any atom is -0.355 e. The molecule has 5 heteroatoms. The van der Waals surface area contributed by atoms with Gasteiger partial charge in [-0.05, 0) is 18.9 Å². The quantitative estimate of drug-likeness (QED) is 0.628. The third-order valence-electron chi connectivity index (χ3n) is 1.88. The topological polar surface area (TPSA) is 54.9 Å². The first-order chi connectivity index (χ1) is 7.59. The van der Waals surface area contributed by atoms with Gasteiger partial charge in [-0.2, -0.15) is 0 Å². The minimum atomic E-state index is -0.166. The molecule has 1 N–H and O–H groups in total. The molecule has 0 saturated heterocycles. The highest BCUT2D eigenvalue weighted by Crippen LogP contribution is 2.17. The number of aromatic nitrogens is 2. The Hall–Kier alpha value is -1.10. The summed E-state index contributed by atoms with van der Waals surface area (Å²) >= 11 is 1.37. The predicted molar refractivity (Wildman–Crippen MR) is 65.2 cm³/mol. The zero-order valence-corrected chi connectivity index (χ0v) is 10.6. The highest BCUT2D eigenvalue weighted by atomic mass is 32.2. The minimum absolute atomic E-state index is 0.0335. The van der Waals surface area contributed by atoms with Gasteiger partial charge >= 0.3 is 0 Å². The Morgan fingerprint density at radius 3 is 2.56 bits per heavy atom. The normalized spacial score (nSPS) is 12.5. The fourth-order valence-electron chi connectivity index (χ4n) is 1.01. The number of nitrogens with one attached hydrogen (secondary N) is 1. The molecule has 0 aromatic carbocycles. The molecular formula is C11H17N3OS. The lowest BCUT2D eigenvalue weighted by Crippen LogP contribution is -2.33. The molecule has 1 atom stereocenters. The van der Waals surface area contributed by atoms with Crippen LogP contribution >= 0.6 is 11.8 Å². The van der Waals surface area contributed by atoms with Crippen molar-refractivity contribution in [1.82, 2.24) is 15.3 Å². The van der Waals surface area contributed by atoms with Gasteiger partial charge in [-0.1, -0.05) is 25.6 Å². The zero-order valence-electron chi connectivity index (χ0n) is 9.80. The van der Waals surface area contributed by atoms with Gasteiger partial charge in [-0.25, -0.2) is 9.97 Å². The van der Waals surface area contributed by atoms with Crippen molar-refractivity contribution in [3.8, 4) is 0 Å². The zero-order chi connectivity index (χ0) is 12.0. The number of nitrogens with zero attached hydrogens (tertiary/aromatic N) is 2. The van der Waals surface area contributed by atoms with Crippen molar-refractivity contribution in [2.75, 3.05) is 6.54 Å². The van der Waals surface area contributed by atoms with Crippen LogP contribution < -0.4 is 5.32 Å². The lowest BCUT2D eigenvalue weighted by molar-refractivity contribution is -0.120. The summed E-state index contributed by atoms with van der Waals surface area (Å²) in [4.78, 5) is 19.8. The molecule has 4 nitrogen and oxygen atoms in total. The fraction of sp³-hybridized carbons (Fsp3) is 0.545. The molecule has 1 unspecified atom stereocenters. The second-order valence-corrected chi connectivity index (χ2v) is 5.24. The first kappa shape index (κ1) is 13.0. The van der Waals surface area contributed by atoms with E-state index in [-0.39, 0.29) is 11.2 Å². The number of hydrogen-bond acceptors (Lipinski definition) is 4. The molecule has 1 heterocycles. The van der Waals surface area contributed by atoms with Crippen LogP contribution in [0.5, 0.6) is 0 Å². The molecule has 1 aromatic heterocycles. The van der Waals surface area contributed by atoms with Gasteiger partial charge < -0.3 is 5.32 Å². The number of rotatable bonds is 5. The summed E-state index contributed by atoms with van der Waals surface area (Å²) in [6.07, 6.45) is 3.35. The molecular weight excluding hydrogens is 222 g/mol. The standard InChI is InChI=1S/C11H17N3OS/c1-8(2)7-14-10(15)9(3)16-11-12-5-4-6-13-11/h4-6,8-9H,7H2,1-3H3,(H,14,15). The van der Waals surface area contributed by atoms with Crippen molar-refractivity contribution < 1.29 is 4.79 Å². The Morgan fingerprint density at radius 1 is 1.38 bits per heavy atom. The van der Waals surface area contributed by atoms with E-state index >= 15 is 0 Å². The van der Waals surface area contributed by atoms with Crippen LogP contribution in [-0.2, 0) is 4.79 Å². The molecule has 0 bridgehead atoms. The van der Waals surface area contributed by atoms with Crippen LogP contribution in [0.1, 0.15) is 20.8 Å². The van der Waals surface area contributed by atoms with Gasteiger partial charge in [0.05, 0.1) is 5.25 Å². The van der Waals surface area contributed by atoms with Crippen LogP contribution in [0.15, 0.2) is 23.6 Å². The van der Waals surface area contributed by atoms with Gasteiger partial charge in [0, 0.05) is 18.9 Å². The first-order valence-electron chi connectivity index (χ1n) is 5.31. The number of thioether (sulfide) groups is 1. The van der Waals surface area contributed by atoms with E-state index in [0.29, 0.717) is 17.6 Å². The molecule has 0 aliphatic rings. The molecule has 16 heavy (non-hydrogen) atoms. The van der Waals surface area contributed by atoms with Crippen molar-refractivity contribution in [2.24, 2.45) is 5.92 Å². The van der Waals surface area contributed by atoms with Crippen LogP contribution in [-0.4, -0.2) is 27.7 Å². The molecule has 1 amide bonds. The number of amides is 1. The fourth-order valence-corrected chi connectivity index (χ4v) is 1.76. The van der Waals surface area contributed by atoms with Gasteiger partial charge in [0.2, 0.25) is 5.91 Å². The number of carbonyl (C=O) groups excluding carboxylic acids is 1. The smallest absolute Gasteiger partial charge is 0.233 e. The van der Waals surface area contributed by atoms with Crippen molar-refractivity contribution in [2.45, 2.75) is 31.2 Å². The maximum Gasteiger partial charge on any atom is 0.233 e. The van der Waals surface area contributed by atoms with E-state index in [1.807, 2.05) is 6.92 Å². The summed E-state index contributed by atoms with van der Waals surface area (Å²) in [7, 11) is 0. The summed E-state index contributed by atoms with van der Waals surface area (Å²) in [5.74, 6) is 0.500. The van der Waals surface area contributed by atoms with Gasteiger partial charge in [-0.15, -0.1) is 0 Å². The summed E-state index contributed by atoms with van der Waals surface area (Å²) < 4.78 is 0. The summed E-state index contributed by atoms with van der Waals surface area (Å²) in [5, 5.41) is 3.36. The molecule has 0 aliphatic heterocycles. The SMILES string of the molecule is CC(C)CNC(=O)C(C)Sc1ncccn1. The van der Waals surface area contributed by atoms with Crippen LogP contribution in [0.3, 0.4) is 0 Å². The molecule has 0 aliphatic carbocycles. The molecule has 1 rings (SSSR count). The second kappa shape index (κ2) is 6.48. The summed E-state index contributed by atoms with van der Waals surface area (Å²) in [6, 6.07) is 1.76. The van der Waals surface area contributed by atoms with Crippen molar-refractivity contribution in [1.29, 1.82) is 0 Å². The molecule has 0 radical (unpaired) electrons. The van der Waals surface area contributed by atoms with Crippen LogP contribution in [0.4, 0.5) is 0 Å². The van der Waals surface area contributed by atoms with E-state index in [2.05, 4.69) is 29.1 Å². The summed E-state index contributed by atoms with van der Waals surface area (Å²) in [6.45, 7) is 6.70. The Labute approximate surface area is 100 Å².